The molecule has 0 spiro atoms. The maximum Gasteiger partial charge on any atom is 0.136 e. The van der Waals surface area contributed by atoms with E-state index in [4.69, 9.17) is 0 Å². The number of rotatable bonds is 2. The first kappa shape index (κ1) is 14.6. The Bertz CT molecular complexity index is 662. The second-order valence-corrected chi connectivity index (χ2v) is 6.58. The number of nitrogens with zero attached hydrogens (tertiary/aromatic N) is 3. The van der Waals surface area contributed by atoms with Crippen LogP contribution in [0.15, 0.2) is 61.1 Å². The molecule has 114 valence electrons. The predicted molar refractivity (Wildman–Crippen MR) is 88.0 cm³/mol. The van der Waals surface area contributed by atoms with Gasteiger partial charge in [0.05, 0.1) is 5.70 Å². The van der Waals surface area contributed by atoms with Gasteiger partial charge in [0.25, 0.3) is 0 Å². The van der Waals surface area contributed by atoms with Gasteiger partial charge in [0, 0.05) is 35.3 Å². The van der Waals surface area contributed by atoms with Crippen molar-refractivity contribution >= 4 is 11.4 Å². The van der Waals surface area contributed by atoms with Gasteiger partial charge in [-0.05, 0) is 12.1 Å². The van der Waals surface area contributed by atoms with Gasteiger partial charge in [0.1, 0.15) is 6.17 Å². The fraction of sp³-hybridized carbons (Fsp3) is 0.278. The third-order valence-corrected chi connectivity index (χ3v) is 3.81. The zero-order valence-corrected chi connectivity index (χ0v) is 13.1. The molecule has 2 aromatic rings. The molecule has 4 nitrogen and oxygen atoms in total. The average molecular weight is 295 g/mol. The molecule has 0 fully saturated rings. The van der Waals surface area contributed by atoms with Crippen LogP contribution in [0.5, 0.6) is 0 Å². The summed E-state index contributed by atoms with van der Waals surface area (Å²) in [5.41, 5.74) is 2.68. The molecule has 0 radical (unpaired) electrons. The van der Waals surface area contributed by atoms with Gasteiger partial charge < -0.3 is 4.90 Å². The van der Waals surface area contributed by atoms with Crippen molar-refractivity contribution < 1.29 is 5.21 Å². The van der Waals surface area contributed by atoms with Crippen molar-refractivity contribution in [3.05, 3.63) is 66.6 Å². The van der Waals surface area contributed by atoms with Crippen LogP contribution in [-0.2, 0) is 0 Å². The summed E-state index contributed by atoms with van der Waals surface area (Å²) >= 11 is 0. The maximum atomic E-state index is 10.8. The van der Waals surface area contributed by atoms with Gasteiger partial charge in [-0.3, -0.25) is 10.2 Å². The van der Waals surface area contributed by atoms with Gasteiger partial charge in [-0.25, -0.2) is 5.06 Å². The first-order chi connectivity index (χ1) is 10.5. The molecule has 1 aliphatic heterocycles. The lowest BCUT2D eigenvalue weighted by Crippen LogP contribution is -2.47. The van der Waals surface area contributed by atoms with E-state index >= 15 is 0 Å². The van der Waals surface area contributed by atoms with Crippen LogP contribution in [0.1, 0.15) is 26.3 Å². The first-order valence-corrected chi connectivity index (χ1v) is 7.42. The largest absolute Gasteiger partial charge is 0.322 e. The molecular weight excluding hydrogens is 274 g/mol. The summed E-state index contributed by atoms with van der Waals surface area (Å²) < 4.78 is 0. The topological polar surface area (TPSA) is 39.6 Å². The maximum absolute atomic E-state index is 10.8. The van der Waals surface area contributed by atoms with Gasteiger partial charge in [-0.2, -0.15) is 0 Å². The second-order valence-electron chi connectivity index (χ2n) is 6.58. The average Bonchev–Trinajstić information content (AvgIpc) is 2.87. The molecule has 0 saturated heterocycles. The highest BCUT2D eigenvalue weighted by Gasteiger charge is 2.40. The molecule has 1 atom stereocenters. The number of benzene rings is 1. The Morgan fingerprint density at radius 2 is 1.64 bits per heavy atom. The van der Waals surface area contributed by atoms with Gasteiger partial charge in [0.2, 0.25) is 0 Å². The summed E-state index contributed by atoms with van der Waals surface area (Å²) in [5.74, 6) is 0. The Morgan fingerprint density at radius 1 is 1.00 bits per heavy atom. The lowest BCUT2D eigenvalue weighted by Gasteiger charge is -2.39. The van der Waals surface area contributed by atoms with E-state index in [0.29, 0.717) is 0 Å². The van der Waals surface area contributed by atoms with Crippen LogP contribution in [0.4, 0.5) is 5.69 Å². The zero-order chi connectivity index (χ0) is 15.7. The van der Waals surface area contributed by atoms with Crippen molar-refractivity contribution in [2.75, 3.05) is 4.90 Å². The zero-order valence-electron chi connectivity index (χ0n) is 13.1. The summed E-state index contributed by atoms with van der Waals surface area (Å²) in [7, 11) is 0. The van der Waals surface area contributed by atoms with Crippen LogP contribution in [0.2, 0.25) is 0 Å². The van der Waals surface area contributed by atoms with E-state index in [1.54, 1.807) is 12.4 Å². The fourth-order valence-corrected chi connectivity index (χ4v) is 2.84. The first-order valence-electron chi connectivity index (χ1n) is 7.42. The Balaban J connectivity index is 2.06. The van der Waals surface area contributed by atoms with Crippen LogP contribution in [0.3, 0.4) is 0 Å². The highest BCUT2D eigenvalue weighted by atomic mass is 16.5. The van der Waals surface area contributed by atoms with Gasteiger partial charge >= 0.3 is 0 Å². The van der Waals surface area contributed by atoms with E-state index in [2.05, 4.69) is 30.7 Å². The van der Waals surface area contributed by atoms with Crippen LogP contribution >= 0.6 is 0 Å². The van der Waals surface area contributed by atoms with Crippen molar-refractivity contribution in [2.45, 2.75) is 26.9 Å². The highest BCUT2D eigenvalue weighted by molar-refractivity contribution is 5.71. The molecule has 0 bridgehead atoms. The summed E-state index contributed by atoms with van der Waals surface area (Å²) in [5, 5.41) is 12.1. The van der Waals surface area contributed by atoms with Crippen molar-refractivity contribution in [2.24, 2.45) is 5.41 Å². The van der Waals surface area contributed by atoms with E-state index in [-0.39, 0.29) is 11.6 Å². The molecule has 1 N–H and O–H groups in total. The molecule has 2 heterocycles. The summed E-state index contributed by atoms with van der Waals surface area (Å²) in [6, 6.07) is 13.8. The molecule has 0 amide bonds. The Hall–Kier alpha value is -2.33. The van der Waals surface area contributed by atoms with E-state index in [1.165, 1.54) is 5.06 Å². The van der Waals surface area contributed by atoms with E-state index < -0.39 is 0 Å². The summed E-state index contributed by atoms with van der Waals surface area (Å²) in [4.78, 5) is 6.18. The normalized spacial score (nSPS) is 18.5. The SMILES string of the molecule is CC(C)(C)C1N(O)C(c2ccccc2)=CN1c1ccncc1. The molecule has 0 aliphatic carbocycles. The van der Waals surface area contributed by atoms with Gasteiger partial charge in [0.15, 0.2) is 0 Å². The minimum Gasteiger partial charge on any atom is -0.322 e. The minimum atomic E-state index is -0.176. The van der Waals surface area contributed by atoms with Crippen molar-refractivity contribution in [3.8, 4) is 0 Å². The van der Waals surface area contributed by atoms with Crippen LogP contribution in [0.25, 0.3) is 5.70 Å². The van der Waals surface area contributed by atoms with E-state index in [0.717, 1.165) is 16.9 Å². The predicted octanol–water partition coefficient (Wildman–Crippen LogP) is 3.96. The van der Waals surface area contributed by atoms with Crippen LogP contribution < -0.4 is 4.90 Å². The van der Waals surface area contributed by atoms with Crippen molar-refractivity contribution in [3.63, 3.8) is 0 Å². The number of hydrogen-bond acceptors (Lipinski definition) is 4. The van der Waals surface area contributed by atoms with Crippen molar-refractivity contribution in [1.29, 1.82) is 0 Å². The van der Waals surface area contributed by atoms with Crippen LogP contribution in [0, 0.1) is 5.41 Å². The second kappa shape index (κ2) is 5.46. The monoisotopic (exact) mass is 295 g/mol. The lowest BCUT2D eigenvalue weighted by molar-refractivity contribution is -0.0876. The highest BCUT2D eigenvalue weighted by Crippen LogP contribution is 2.39. The lowest BCUT2D eigenvalue weighted by atomic mass is 9.91. The van der Waals surface area contributed by atoms with E-state index in [1.807, 2.05) is 48.7 Å². The molecule has 3 rings (SSSR count). The molecule has 1 aliphatic rings. The Kier molecular flexibility index (Phi) is 3.62. The van der Waals surface area contributed by atoms with Gasteiger partial charge in [-0.1, -0.05) is 51.1 Å². The standard InChI is InChI=1S/C18H21N3O/c1-18(2,3)17-20(15-9-11-19-12-10-15)13-16(21(17)22)14-7-5-4-6-8-14/h4-13,17,22H,1-3H3. The molecule has 1 aromatic heterocycles. The molecule has 1 unspecified atom stereocenters. The Morgan fingerprint density at radius 3 is 2.23 bits per heavy atom. The number of aromatic nitrogens is 1. The minimum absolute atomic E-state index is 0.134. The quantitative estimate of drug-likeness (QED) is 0.910. The number of hydroxylamine groups is 2. The van der Waals surface area contributed by atoms with E-state index in [9.17, 15) is 5.21 Å². The fourth-order valence-electron chi connectivity index (χ4n) is 2.84. The van der Waals surface area contributed by atoms with Crippen molar-refractivity contribution in [1.82, 2.24) is 10.0 Å². The third-order valence-electron chi connectivity index (χ3n) is 3.81. The number of hydrogen-bond donors (Lipinski definition) is 1. The Labute approximate surface area is 131 Å². The number of pyridine rings is 1. The third kappa shape index (κ3) is 2.57. The molecule has 0 saturated carbocycles. The summed E-state index contributed by atoms with van der Waals surface area (Å²) in [6.45, 7) is 6.37. The summed E-state index contributed by atoms with van der Waals surface area (Å²) in [6.07, 6.45) is 5.36. The van der Waals surface area contributed by atoms with Gasteiger partial charge in [-0.15, -0.1) is 0 Å². The van der Waals surface area contributed by atoms with Crippen LogP contribution in [-0.4, -0.2) is 21.4 Å². The number of anilines is 1. The molecule has 22 heavy (non-hydrogen) atoms. The molecule has 4 heteroatoms. The molecule has 1 aromatic carbocycles. The molecular formula is C18H21N3O. The smallest absolute Gasteiger partial charge is 0.136 e.